The Hall–Kier alpha value is -3.28. The fourth-order valence-electron chi connectivity index (χ4n) is 4.35. The van der Waals surface area contributed by atoms with Gasteiger partial charge in [-0.1, -0.05) is 11.6 Å². The molecule has 13 heteroatoms. The normalized spacial score (nSPS) is 20.4. The number of rotatable bonds is 7. The van der Waals surface area contributed by atoms with E-state index in [1.165, 1.54) is 23.1 Å². The molecule has 1 saturated heterocycles. The Morgan fingerprint density at radius 3 is 2.47 bits per heavy atom. The molecule has 2 fully saturated rings. The first-order valence-electron chi connectivity index (χ1n) is 11.3. The highest BCUT2D eigenvalue weighted by Gasteiger charge is 2.37. The molecule has 4 rings (SSSR count). The Labute approximate surface area is 209 Å². The molecule has 2 heterocycles. The van der Waals surface area contributed by atoms with Crippen molar-refractivity contribution in [3.63, 3.8) is 0 Å². The lowest BCUT2D eigenvalue weighted by molar-refractivity contribution is -0.274. The number of carbonyl (C=O) groups is 2. The van der Waals surface area contributed by atoms with E-state index in [0.717, 1.165) is 18.3 Å². The number of carbonyl (C=O) groups excluding carboxylic acids is 2. The fraction of sp³-hybridized carbons (Fsp3) is 0.435. The van der Waals surface area contributed by atoms with Crippen molar-refractivity contribution in [1.29, 1.82) is 0 Å². The predicted octanol–water partition coefficient (Wildman–Crippen LogP) is 4.52. The number of nitrogens with one attached hydrogen (secondary N) is 1. The smallest absolute Gasteiger partial charge is 0.484 e. The quantitative estimate of drug-likeness (QED) is 0.532. The van der Waals surface area contributed by atoms with Crippen molar-refractivity contribution in [3.8, 4) is 11.5 Å². The summed E-state index contributed by atoms with van der Waals surface area (Å²) >= 11 is 5.63. The van der Waals surface area contributed by atoms with Crippen LogP contribution in [-0.4, -0.2) is 60.0 Å². The van der Waals surface area contributed by atoms with Gasteiger partial charge in [0.1, 0.15) is 23.1 Å². The third-order valence-corrected chi connectivity index (χ3v) is 6.34. The number of amides is 3. The van der Waals surface area contributed by atoms with Crippen LogP contribution < -0.4 is 19.7 Å². The molecule has 0 unspecified atom stereocenters. The van der Waals surface area contributed by atoms with Gasteiger partial charge in [0.25, 0.3) is 5.91 Å². The van der Waals surface area contributed by atoms with Gasteiger partial charge in [-0.15, -0.1) is 13.2 Å². The largest absolute Gasteiger partial charge is 0.573 e. The van der Waals surface area contributed by atoms with E-state index in [4.69, 9.17) is 16.3 Å². The second-order valence-corrected chi connectivity index (χ2v) is 8.87. The van der Waals surface area contributed by atoms with E-state index in [1.54, 1.807) is 4.90 Å². The molecule has 3 amide bonds. The zero-order valence-corrected chi connectivity index (χ0v) is 19.7. The summed E-state index contributed by atoms with van der Waals surface area (Å²) in [5.74, 6) is -0.975. The summed E-state index contributed by atoms with van der Waals surface area (Å²) in [6.45, 7) is 0.569. The topological polar surface area (TPSA) is 84.0 Å². The number of urea groups is 1. The van der Waals surface area contributed by atoms with E-state index < -0.39 is 17.9 Å². The molecule has 1 aliphatic heterocycles. The second-order valence-electron chi connectivity index (χ2n) is 8.47. The highest BCUT2D eigenvalue weighted by molar-refractivity contribution is 6.30. The van der Waals surface area contributed by atoms with Crippen molar-refractivity contribution >= 4 is 29.4 Å². The first-order chi connectivity index (χ1) is 17.1. The maximum Gasteiger partial charge on any atom is 0.573 e. The van der Waals surface area contributed by atoms with Crippen LogP contribution >= 0.6 is 11.6 Å². The zero-order valence-electron chi connectivity index (χ0n) is 18.9. The van der Waals surface area contributed by atoms with E-state index in [0.29, 0.717) is 38.8 Å². The molecule has 0 atom stereocenters. The van der Waals surface area contributed by atoms with Gasteiger partial charge in [-0.2, -0.15) is 0 Å². The van der Waals surface area contributed by atoms with Crippen molar-refractivity contribution in [2.24, 2.45) is 0 Å². The van der Waals surface area contributed by atoms with Crippen molar-refractivity contribution in [2.75, 3.05) is 24.6 Å². The molecule has 2 aromatic rings. The van der Waals surface area contributed by atoms with Crippen LogP contribution in [0.3, 0.4) is 0 Å². The van der Waals surface area contributed by atoms with Crippen LogP contribution in [-0.2, 0) is 4.79 Å². The molecule has 0 bridgehead atoms. The Bertz CT molecular complexity index is 1090. The minimum Gasteiger partial charge on any atom is -0.484 e. The van der Waals surface area contributed by atoms with E-state index in [1.807, 2.05) is 0 Å². The number of anilines is 1. The number of halogens is 5. The molecule has 1 N–H and O–H groups in total. The molecule has 8 nitrogen and oxygen atoms in total. The third kappa shape index (κ3) is 6.48. The minimum atomic E-state index is -4.81. The van der Waals surface area contributed by atoms with E-state index in [2.05, 4.69) is 15.0 Å². The Balaban J connectivity index is 1.22. The van der Waals surface area contributed by atoms with Gasteiger partial charge in [0.2, 0.25) is 0 Å². The summed E-state index contributed by atoms with van der Waals surface area (Å²) in [5.41, 5.74) is 0. The average Bonchev–Trinajstić information content (AvgIpc) is 3.21. The lowest BCUT2D eigenvalue weighted by Gasteiger charge is -2.34. The second kappa shape index (κ2) is 10.8. The number of aromatic nitrogens is 1. The number of hydrogen-bond acceptors (Lipinski definition) is 5. The Morgan fingerprint density at radius 1 is 1.11 bits per heavy atom. The first-order valence-corrected chi connectivity index (χ1v) is 11.6. The van der Waals surface area contributed by atoms with Crippen LogP contribution in [0, 0.1) is 5.82 Å². The van der Waals surface area contributed by atoms with E-state index >= 15 is 0 Å². The zero-order chi connectivity index (χ0) is 25.9. The number of ether oxygens (including phenoxy) is 2. The Kier molecular flexibility index (Phi) is 7.72. The van der Waals surface area contributed by atoms with Gasteiger partial charge in [-0.25, -0.2) is 14.2 Å². The molecular weight excluding hydrogens is 508 g/mol. The van der Waals surface area contributed by atoms with Gasteiger partial charge in [0.05, 0.1) is 11.2 Å². The summed E-state index contributed by atoms with van der Waals surface area (Å²) in [6, 6.07) is 6.01. The van der Waals surface area contributed by atoms with E-state index in [9.17, 15) is 27.2 Å². The number of pyridine rings is 1. The monoisotopic (exact) mass is 530 g/mol. The molecule has 36 heavy (non-hydrogen) atoms. The maximum absolute atomic E-state index is 13.5. The van der Waals surface area contributed by atoms with Gasteiger partial charge in [0, 0.05) is 31.2 Å². The highest BCUT2D eigenvalue weighted by Crippen LogP contribution is 2.29. The number of alkyl halides is 3. The molecular formula is C23H23ClF4N4O4. The molecule has 1 saturated carbocycles. The summed E-state index contributed by atoms with van der Waals surface area (Å²) in [5, 5.41) is 2.86. The minimum absolute atomic E-state index is 0.0169. The summed E-state index contributed by atoms with van der Waals surface area (Å²) < 4.78 is 59.6. The van der Waals surface area contributed by atoms with Gasteiger partial charge in [0.15, 0.2) is 6.61 Å². The Morgan fingerprint density at radius 2 is 1.83 bits per heavy atom. The summed E-state index contributed by atoms with van der Waals surface area (Å²) in [7, 11) is 0. The summed E-state index contributed by atoms with van der Waals surface area (Å²) in [4.78, 5) is 32.2. The van der Waals surface area contributed by atoms with Gasteiger partial charge in [-0.3, -0.25) is 9.69 Å². The number of nitrogens with zero attached hydrogens (tertiary/aromatic N) is 3. The fourth-order valence-corrected chi connectivity index (χ4v) is 4.47. The number of hydrogen-bond donors (Lipinski definition) is 1. The van der Waals surface area contributed by atoms with Crippen molar-refractivity contribution in [2.45, 2.75) is 44.1 Å². The van der Waals surface area contributed by atoms with Crippen LogP contribution in [0.2, 0.25) is 5.02 Å². The molecule has 2 aliphatic rings. The van der Waals surface area contributed by atoms with Crippen molar-refractivity contribution in [1.82, 2.24) is 15.2 Å². The SMILES string of the molecule is O=C(COc1ccc(Cl)c(F)c1)N[C@H]1CC[C@H](N2CCN(c3ccc(OC(F)(F)F)cn3)C2=O)CC1. The van der Waals surface area contributed by atoms with Crippen LogP contribution in [0.4, 0.5) is 28.2 Å². The van der Waals surface area contributed by atoms with Crippen LogP contribution in [0.25, 0.3) is 0 Å². The van der Waals surface area contributed by atoms with Gasteiger partial charge < -0.3 is 19.7 Å². The van der Waals surface area contributed by atoms with Crippen molar-refractivity contribution < 1.29 is 36.6 Å². The average molecular weight is 531 g/mol. The highest BCUT2D eigenvalue weighted by atomic mass is 35.5. The predicted molar refractivity (Wildman–Crippen MR) is 121 cm³/mol. The molecule has 194 valence electrons. The maximum atomic E-state index is 13.5. The van der Waals surface area contributed by atoms with Crippen LogP contribution in [0.1, 0.15) is 25.7 Å². The lowest BCUT2D eigenvalue weighted by atomic mass is 9.90. The molecule has 0 spiro atoms. The first kappa shape index (κ1) is 25.8. The van der Waals surface area contributed by atoms with Gasteiger partial charge >= 0.3 is 12.4 Å². The van der Waals surface area contributed by atoms with E-state index in [-0.39, 0.29) is 47.2 Å². The third-order valence-electron chi connectivity index (χ3n) is 6.04. The van der Waals surface area contributed by atoms with Crippen molar-refractivity contribution in [3.05, 3.63) is 47.4 Å². The van der Waals surface area contributed by atoms with Gasteiger partial charge in [-0.05, 0) is 49.9 Å². The molecule has 1 aromatic carbocycles. The number of benzene rings is 1. The molecule has 0 radical (unpaired) electrons. The van der Waals surface area contributed by atoms with Crippen LogP contribution in [0.15, 0.2) is 36.5 Å². The molecule has 1 aromatic heterocycles. The standard InChI is InChI=1S/C23H23ClF4N4O4/c24-18-7-5-16(11-19(18)25)35-13-21(33)30-14-1-3-15(4-2-14)31-9-10-32(22(31)34)20-8-6-17(12-29-20)36-23(26,27)28/h5-8,11-12,14-15H,1-4,9-10,13H2,(H,30,33)/t14-,15-. The lowest BCUT2D eigenvalue weighted by Crippen LogP contribution is -2.46. The van der Waals surface area contributed by atoms with Crippen LogP contribution in [0.5, 0.6) is 11.5 Å². The molecule has 1 aliphatic carbocycles. The summed E-state index contributed by atoms with van der Waals surface area (Å²) in [6.07, 6.45) is -1.20.